The zero-order chi connectivity index (χ0) is 32.6. The van der Waals surface area contributed by atoms with Crippen molar-refractivity contribution in [1.82, 2.24) is 21.3 Å². The average molecular weight is 619 g/mol. The van der Waals surface area contributed by atoms with Crippen molar-refractivity contribution in [2.45, 2.75) is 121 Å². The van der Waals surface area contributed by atoms with Gasteiger partial charge in [0.2, 0.25) is 29.5 Å². The number of primary amides is 1. The van der Waals surface area contributed by atoms with Crippen LogP contribution in [0.3, 0.4) is 0 Å². The third-order valence-corrected chi connectivity index (χ3v) is 7.65. The molecule has 13 nitrogen and oxygen atoms in total. The minimum Gasteiger partial charge on any atom is -0.391 e. The number of carbonyl (C=O) groups is 5. The Morgan fingerprint density at radius 3 is 2.45 bits per heavy atom. The van der Waals surface area contributed by atoms with Crippen molar-refractivity contribution in [1.29, 1.82) is 0 Å². The fourth-order valence-electron chi connectivity index (χ4n) is 4.98. The largest absolute Gasteiger partial charge is 0.391 e. The third kappa shape index (κ3) is 12.6. The summed E-state index contributed by atoms with van der Waals surface area (Å²) >= 11 is 0. The molecule has 2 rings (SSSR count). The van der Waals surface area contributed by atoms with E-state index in [9.17, 15) is 29.1 Å². The molecule has 1 heterocycles. The molecule has 0 spiro atoms. The number of hydrogen-bond donors (Lipinski definition) is 7. The van der Waals surface area contributed by atoms with E-state index in [2.05, 4.69) is 21.3 Å². The Kier molecular flexibility index (Phi) is 15.8. The first-order valence-electron chi connectivity index (χ1n) is 15.5. The monoisotopic (exact) mass is 618 g/mol. The Balaban J connectivity index is 2.33. The Morgan fingerprint density at radius 1 is 1.11 bits per heavy atom. The summed E-state index contributed by atoms with van der Waals surface area (Å²) in [5, 5.41) is 21.4. The first-order chi connectivity index (χ1) is 20.9. The van der Waals surface area contributed by atoms with Crippen molar-refractivity contribution < 1.29 is 33.8 Å². The van der Waals surface area contributed by atoms with Crippen LogP contribution in [-0.2, 0) is 35.1 Å². The van der Waals surface area contributed by atoms with E-state index in [0.717, 1.165) is 18.4 Å². The fraction of sp³-hybridized carbons (Fsp3) is 0.645. The molecule has 0 saturated carbocycles. The Labute approximate surface area is 259 Å². The molecule has 5 amide bonds. The molecule has 0 radical (unpaired) electrons. The van der Waals surface area contributed by atoms with E-state index < -0.39 is 60.2 Å². The van der Waals surface area contributed by atoms with Crippen LogP contribution in [0, 0.1) is 0 Å². The van der Waals surface area contributed by atoms with Gasteiger partial charge >= 0.3 is 0 Å². The molecular formula is C31H50N6O7. The highest BCUT2D eigenvalue weighted by Gasteiger charge is 2.35. The summed E-state index contributed by atoms with van der Waals surface area (Å²) in [5.74, 6) is -2.62. The number of aliphatic hydroxyl groups excluding tert-OH is 1. The number of aliphatic hydroxyl groups is 1. The topological polar surface area (TPSA) is 215 Å². The van der Waals surface area contributed by atoms with Gasteiger partial charge in [0.15, 0.2) is 0 Å². The van der Waals surface area contributed by atoms with Gasteiger partial charge in [-0.15, -0.1) is 0 Å². The molecule has 1 aromatic rings. The molecule has 246 valence electrons. The molecule has 7 atom stereocenters. The van der Waals surface area contributed by atoms with Crippen LogP contribution in [0.25, 0.3) is 0 Å². The lowest BCUT2D eigenvalue weighted by Crippen LogP contribution is -2.59. The van der Waals surface area contributed by atoms with Crippen molar-refractivity contribution in [3.05, 3.63) is 35.9 Å². The van der Waals surface area contributed by atoms with Crippen molar-refractivity contribution in [3.63, 3.8) is 0 Å². The van der Waals surface area contributed by atoms with Gasteiger partial charge in [0, 0.05) is 13.0 Å². The molecule has 0 bridgehead atoms. The van der Waals surface area contributed by atoms with Crippen LogP contribution in [0.1, 0.15) is 77.7 Å². The molecule has 1 aliphatic heterocycles. The average Bonchev–Trinajstić information content (AvgIpc) is 2.97. The number of carbonyl (C=O) groups excluding carboxylic acids is 5. The van der Waals surface area contributed by atoms with Crippen LogP contribution < -0.4 is 32.7 Å². The smallest absolute Gasteiger partial charge is 0.245 e. The van der Waals surface area contributed by atoms with Crippen LogP contribution in [-0.4, -0.2) is 83.7 Å². The second-order valence-corrected chi connectivity index (χ2v) is 11.5. The van der Waals surface area contributed by atoms with Crippen molar-refractivity contribution in [2.24, 2.45) is 11.5 Å². The maximum atomic E-state index is 13.8. The van der Waals surface area contributed by atoms with Crippen LogP contribution in [0.2, 0.25) is 0 Å². The summed E-state index contributed by atoms with van der Waals surface area (Å²) in [7, 11) is 0. The van der Waals surface area contributed by atoms with E-state index in [1.807, 2.05) is 37.3 Å². The number of hydrogen-bond acceptors (Lipinski definition) is 8. The van der Waals surface area contributed by atoms with Crippen LogP contribution in [0.4, 0.5) is 0 Å². The molecule has 0 unspecified atom stereocenters. The first kappa shape index (κ1) is 36.6. The second kappa shape index (κ2) is 19.0. The number of benzene rings is 1. The molecule has 9 N–H and O–H groups in total. The maximum Gasteiger partial charge on any atom is 0.245 e. The predicted molar refractivity (Wildman–Crippen MR) is 165 cm³/mol. The summed E-state index contributed by atoms with van der Waals surface area (Å²) in [5.41, 5.74) is 12.2. The number of rotatable bonds is 14. The van der Waals surface area contributed by atoms with E-state index >= 15 is 0 Å². The molecule has 1 aromatic carbocycles. The van der Waals surface area contributed by atoms with Gasteiger partial charge in [0.1, 0.15) is 18.1 Å². The highest BCUT2D eigenvalue weighted by Crippen LogP contribution is 2.17. The zero-order valence-corrected chi connectivity index (χ0v) is 26.1. The summed E-state index contributed by atoms with van der Waals surface area (Å²) < 4.78 is 6.12. The van der Waals surface area contributed by atoms with Crippen LogP contribution in [0.15, 0.2) is 30.3 Å². The lowest BCUT2D eigenvalue weighted by Gasteiger charge is -2.33. The number of amides is 5. The Morgan fingerprint density at radius 2 is 1.82 bits per heavy atom. The molecule has 0 aliphatic carbocycles. The zero-order valence-electron chi connectivity index (χ0n) is 26.1. The van der Waals surface area contributed by atoms with E-state index in [1.54, 1.807) is 6.92 Å². The van der Waals surface area contributed by atoms with Gasteiger partial charge in [-0.25, -0.2) is 0 Å². The predicted octanol–water partition coefficient (Wildman–Crippen LogP) is -0.0789. The van der Waals surface area contributed by atoms with Crippen molar-refractivity contribution in [3.8, 4) is 0 Å². The lowest BCUT2D eigenvalue weighted by atomic mass is 9.96. The molecule has 1 fully saturated rings. The highest BCUT2D eigenvalue weighted by atomic mass is 16.5. The molecular weight excluding hydrogens is 568 g/mol. The Bertz CT molecular complexity index is 1090. The quantitative estimate of drug-likeness (QED) is 0.140. The lowest BCUT2D eigenvalue weighted by molar-refractivity contribution is -0.136. The first-order valence-corrected chi connectivity index (χ1v) is 15.5. The molecule has 0 aromatic heterocycles. The van der Waals surface area contributed by atoms with E-state index in [1.165, 1.54) is 6.92 Å². The van der Waals surface area contributed by atoms with Gasteiger partial charge in [-0.05, 0) is 51.5 Å². The fourth-order valence-corrected chi connectivity index (χ4v) is 4.98. The number of ether oxygens (including phenoxy) is 1. The number of nitrogens with two attached hydrogens (primary N) is 2. The number of nitrogens with one attached hydrogen (secondary N) is 4. The van der Waals surface area contributed by atoms with Gasteiger partial charge in [-0.2, -0.15) is 0 Å². The molecule has 44 heavy (non-hydrogen) atoms. The van der Waals surface area contributed by atoms with Crippen molar-refractivity contribution in [2.75, 3.05) is 6.54 Å². The summed E-state index contributed by atoms with van der Waals surface area (Å²) in [6.07, 6.45) is 1.16. The standard InChI is InChI=1S/C31H50N6O7/c1-4-5-7-15-25(39)37-28(19(2)38)31(43)35-22-14-10-11-16-34-26(40)18-24(44-20(3)27(32)29(33)41)23(36-30(22)42)17-21-12-8-6-9-13-21/h6,8-9,12-13,19-20,22-24,27-28,38H,4-5,7,10-11,14-18,32H2,1-3H3,(H2,33,41)(H,34,40)(H,35,43)(H,36,42)(H,37,39)/t19-,20-,22+,23+,24-,27+,28+/m1/s1. The van der Waals surface area contributed by atoms with Crippen molar-refractivity contribution >= 4 is 29.5 Å². The van der Waals surface area contributed by atoms with Gasteiger partial charge in [0.05, 0.1) is 30.8 Å². The minimum absolute atomic E-state index is 0.126. The highest BCUT2D eigenvalue weighted by molar-refractivity contribution is 5.92. The normalized spacial score (nSPS) is 22.5. The molecule has 1 aliphatic rings. The van der Waals surface area contributed by atoms with E-state index in [4.69, 9.17) is 16.2 Å². The maximum absolute atomic E-state index is 13.8. The molecule has 1 saturated heterocycles. The third-order valence-electron chi connectivity index (χ3n) is 7.65. The van der Waals surface area contributed by atoms with Gasteiger partial charge < -0.3 is 42.6 Å². The SMILES string of the molecule is CCCCCC(=O)N[C@H](C(=O)N[C@H]1CCCCNC(=O)C[C@@H](O[C@H](C)[C@H](N)C(N)=O)[C@H](Cc2ccccc2)NC1=O)[C@@H](C)O. The summed E-state index contributed by atoms with van der Waals surface area (Å²) in [6, 6.07) is 5.13. The van der Waals surface area contributed by atoms with E-state index in [0.29, 0.717) is 25.8 Å². The second-order valence-electron chi connectivity index (χ2n) is 11.5. The summed E-state index contributed by atoms with van der Waals surface area (Å²) in [6.45, 7) is 5.33. The van der Waals surface area contributed by atoms with E-state index in [-0.39, 0.29) is 37.5 Å². The summed E-state index contributed by atoms with van der Waals surface area (Å²) in [4.78, 5) is 64.1. The van der Waals surface area contributed by atoms with Gasteiger partial charge in [-0.1, -0.05) is 50.1 Å². The molecule has 13 heteroatoms. The van der Waals surface area contributed by atoms with Crippen LogP contribution in [0.5, 0.6) is 0 Å². The van der Waals surface area contributed by atoms with Crippen LogP contribution >= 0.6 is 0 Å². The Hall–Kier alpha value is -3.55. The minimum atomic E-state index is -1.25. The van der Waals surface area contributed by atoms with Gasteiger partial charge in [-0.3, -0.25) is 24.0 Å². The van der Waals surface area contributed by atoms with Gasteiger partial charge in [0.25, 0.3) is 0 Å². The number of unbranched alkanes of at least 4 members (excludes halogenated alkanes) is 2.